The fourth-order valence-electron chi connectivity index (χ4n) is 4.27. The molecule has 1 amide bonds. The van der Waals surface area contributed by atoms with Gasteiger partial charge in [0.2, 0.25) is 0 Å². The molecule has 1 saturated heterocycles. The molecule has 0 aliphatic carbocycles. The molecule has 0 unspecified atom stereocenters. The van der Waals surface area contributed by atoms with E-state index in [4.69, 9.17) is 37.9 Å². The van der Waals surface area contributed by atoms with Crippen molar-refractivity contribution in [3.05, 3.63) is 86.8 Å². The number of hydrogen-bond acceptors (Lipinski definition) is 5. The van der Waals surface area contributed by atoms with Crippen molar-refractivity contribution in [1.29, 1.82) is 0 Å². The van der Waals surface area contributed by atoms with Crippen LogP contribution in [-0.2, 0) is 17.8 Å². The topological polar surface area (TPSA) is 58.6 Å². The number of carbonyl (C=O) groups is 1. The first kappa shape index (κ1) is 25.4. The Morgan fingerprint density at radius 1 is 1.03 bits per heavy atom. The molecule has 8 heteroatoms. The van der Waals surface area contributed by atoms with Crippen molar-refractivity contribution in [1.82, 2.24) is 14.9 Å². The van der Waals surface area contributed by atoms with Gasteiger partial charge in [0.05, 0.1) is 22.9 Å². The van der Waals surface area contributed by atoms with E-state index < -0.39 is 0 Å². The number of halogens is 2. The molecule has 4 rings (SSSR count). The molecule has 1 aliphatic heterocycles. The van der Waals surface area contributed by atoms with Crippen molar-refractivity contribution in [3.8, 4) is 0 Å². The van der Waals surface area contributed by atoms with Gasteiger partial charge in [-0.05, 0) is 29.8 Å². The molecule has 35 heavy (non-hydrogen) atoms. The van der Waals surface area contributed by atoms with Crippen molar-refractivity contribution < 1.29 is 9.53 Å². The fourth-order valence-corrected chi connectivity index (χ4v) is 4.70. The van der Waals surface area contributed by atoms with E-state index in [1.54, 1.807) is 19.2 Å². The number of amides is 1. The van der Waals surface area contributed by atoms with Crippen molar-refractivity contribution in [2.45, 2.75) is 32.8 Å². The first-order valence-corrected chi connectivity index (χ1v) is 12.5. The minimum atomic E-state index is -0.0416. The number of piperazine rings is 1. The molecule has 2 aromatic carbocycles. The normalized spacial score (nSPS) is 14.0. The summed E-state index contributed by atoms with van der Waals surface area (Å²) < 4.78 is 5.52. The lowest BCUT2D eigenvalue weighted by molar-refractivity contribution is 0.0746. The number of rotatable bonds is 7. The quantitative estimate of drug-likeness (QED) is 0.411. The summed E-state index contributed by atoms with van der Waals surface area (Å²) >= 11 is 12.5. The Bertz CT molecular complexity index is 1190. The van der Waals surface area contributed by atoms with E-state index in [2.05, 4.69) is 24.8 Å². The van der Waals surface area contributed by atoms with Gasteiger partial charge in [0, 0.05) is 56.2 Å². The highest BCUT2D eigenvalue weighted by atomic mass is 35.5. The maximum absolute atomic E-state index is 13.1. The van der Waals surface area contributed by atoms with Gasteiger partial charge in [-0.25, -0.2) is 9.97 Å². The summed E-state index contributed by atoms with van der Waals surface area (Å²) in [4.78, 5) is 27.0. The van der Waals surface area contributed by atoms with E-state index in [0.29, 0.717) is 54.8 Å². The van der Waals surface area contributed by atoms with Gasteiger partial charge in [0.1, 0.15) is 11.6 Å². The average molecular weight is 513 g/mol. The second kappa shape index (κ2) is 11.4. The molecule has 6 nitrogen and oxygen atoms in total. The zero-order chi connectivity index (χ0) is 24.9. The Labute approximate surface area is 216 Å². The van der Waals surface area contributed by atoms with Gasteiger partial charge >= 0.3 is 0 Å². The van der Waals surface area contributed by atoms with Crippen molar-refractivity contribution in [2.75, 3.05) is 38.2 Å². The second-order valence-electron chi connectivity index (χ2n) is 8.98. The van der Waals surface area contributed by atoms with Gasteiger partial charge in [-0.15, -0.1) is 0 Å². The van der Waals surface area contributed by atoms with Crippen LogP contribution >= 0.6 is 23.2 Å². The van der Waals surface area contributed by atoms with E-state index in [-0.39, 0.29) is 11.8 Å². The van der Waals surface area contributed by atoms with E-state index in [1.807, 2.05) is 35.2 Å². The van der Waals surface area contributed by atoms with Crippen LogP contribution in [0, 0.1) is 0 Å². The Kier molecular flexibility index (Phi) is 8.26. The highest BCUT2D eigenvalue weighted by molar-refractivity contribution is 6.33. The van der Waals surface area contributed by atoms with Crippen LogP contribution in [0.1, 0.15) is 52.8 Å². The number of aromatic nitrogens is 2. The van der Waals surface area contributed by atoms with Gasteiger partial charge in [0.25, 0.3) is 5.91 Å². The number of hydrogen-bond donors (Lipinski definition) is 0. The smallest absolute Gasteiger partial charge is 0.255 e. The van der Waals surface area contributed by atoms with Crippen LogP contribution < -0.4 is 4.90 Å². The molecule has 184 valence electrons. The maximum Gasteiger partial charge on any atom is 0.255 e. The minimum absolute atomic E-state index is 0.0416. The lowest BCUT2D eigenvalue weighted by Crippen LogP contribution is -2.49. The highest BCUT2D eigenvalue weighted by Crippen LogP contribution is 2.29. The van der Waals surface area contributed by atoms with Crippen LogP contribution in [0.2, 0.25) is 10.0 Å². The molecule has 0 radical (unpaired) electrons. The predicted molar refractivity (Wildman–Crippen MR) is 141 cm³/mol. The lowest BCUT2D eigenvalue weighted by Gasteiger charge is -2.37. The molecule has 0 spiro atoms. The van der Waals surface area contributed by atoms with E-state index in [0.717, 1.165) is 28.5 Å². The third kappa shape index (κ3) is 5.95. The first-order valence-electron chi connectivity index (χ1n) is 11.8. The number of benzene rings is 2. The zero-order valence-electron chi connectivity index (χ0n) is 20.3. The molecular formula is C27H30Cl2N4O2. The molecule has 3 aromatic rings. The summed E-state index contributed by atoms with van der Waals surface area (Å²) in [5.41, 5.74) is 3.54. The summed E-state index contributed by atoms with van der Waals surface area (Å²) in [6.45, 7) is 7.08. The van der Waals surface area contributed by atoms with E-state index >= 15 is 0 Å². The summed E-state index contributed by atoms with van der Waals surface area (Å²) in [7, 11) is 1.68. The Morgan fingerprint density at radius 2 is 1.77 bits per heavy atom. The molecule has 0 atom stereocenters. The van der Waals surface area contributed by atoms with Gasteiger partial charge in [0.15, 0.2) is 0 Å². The molecule has 0 bridgehead atoms. The highest BCUT2D eigenvalue weighted by Gasteiger charge is 2.27. The third-order valence-electron chi connectivity index (χ3n) is 6.13. The van der Waals surface area contributed by atoms with Crippen molar-refractivity contribution in [2.24, 2.45) is 0 Å². The van der Waals surface area contributed by atoms with Crippen LogP contribution in [0.25, 0.3) is 0 Å². The largest absolute Gasteiger partial charge is 0.378 e. The predicted octanol–water partition coefficient (Wildman–Crippen LogP) is 5.61. The maximum atomic E-state index is 13.1. The number of anilines is 1. The van der Waals surface area contributed by atoms with Gasteiger partial charge in [-0.2, -0.15) is 0 Å². The lowest BCUT2D eigenvalue weighted by atomic mass is 10.0. The summed E-state index contributed by atoms with van der Waals surface area (Å²) in [5.74, 6) is 1.82. The van der Waals surface area contributed by atoms with E-state index in [1.165, 1.54) is 0 Å². The van der Waals surface area contributed by atoms with Crippen LogP contribution in [0.3, 0.4) is 0 Å². The van der Waals surface area contributed by atoms with Crippen LogP contribution in [0.5, 0.6) is 0 Å². The minimum Gasteiger partial charge on any atom is -0.378 e. The van der Waals surface area contributed by atoms with Crippen LogP contribution in [0.4, 0.5) is 5.82 Å². The molecule has 0 N–H and O–H groups in total. The molecular weight excluding hydrogens is 483 g/mol. The average Bonchev–Trinajstić information content (AvgIpc) is 2.85. The zero-order valence-corrected chi connectivity index (χ0v) is 21.8. The van der Waals surface area contributed by atoms with Crippen LogP contribution in [-0.4, -0.2) is 54.1 Å². The molecule has 2 heterocycles. The van der Waals surface area contributed by atoms with Gasteiger partial charge < -0.3 is 14.5 Å². The molecule has 1 fully saturated rings. The number of nitrogens with zero attached hydrogens (tertiary/aromatic N) is 4. The summed E-state index contributed by atoms with van der Waals surface area (Å²) in [6, 6.07) is 15.0. The first-order chi connectivity index (χ1) is 16.9. The van der Waals surface area contributed by atoms with E-state index in [9.17, 15) is 4.79 Å². The molecule has 1 aromatic heterocycles. The van der Waals surface area contributed by atoms with Crippen molar-refractivity contribution >= 4 is 34.9 Å². The number of methoxy groups -OCH3 is 1. The monoisotopic (exact) mass is 512 g/mol. The number of ether oxygens (including phenoxy) is 1. The van der Waals surface area contributed by atoms with Crippen molar-refractivity contribution in [3.63, 3.8) is 0 Å². The van der Waals surface area contributed by atoms with Gasteiger partial charge in [-0.1, -0.05) is 61.3 Å². The standard InChI is InChI=1S/C27H30Cl2N4O2/c1-18(2)25-30-24(17-35-3)22(16-19-7-6-8-20(28)15-19)26(31-25)32-11-13-33(14-12-32)27(34)21-9-4-5-10-23(21)29/h4-10,15,18H,11-14,16-17H2,1-3H3. The van der Waals surface area contributed by atoms with Gasteiger partial charge in [-0.3, -0.25) is 4.79 Å². The Morgan fingerprint density at radius 3 is 2.43 bits per heavy atom. The summed E-state index contributed by atoms with van der Waals surface area (Å²) in [5, 5.41) is 1.18. The fraction of sp³-hybridized carbons (Fsp3) is 0.370. The summed E-state index contributed by atoms with van der Waals surface area (Å²) in [6.07, 6.45) is 0.645. The Balaban J connectivity index is 1.64. The molecule has 0 saturated carbocycles. The van der Waals surface area contributed by atoms with Crippen LogP contribution in [0.15, 0.2) is 48.5 Å². The third-order valence-corrected chi connectivity index (χ3v) is 6.69. The Hall–Kier alpha value is -2.67. The SMILES string of the molecule is COCc1nc(C(C)C)nc(N2CCN(C(=O)c3ccccc3Cl)CC2)c1Cc1cccc(Cl)c1. The molecule has 1 aliphatic rings. The number of carbonyl (C=O) groups excluding carboxylic acids is 1. The second-order valence-corrected chi connectivity index (χ2v) is 9.83.